The maximum atomic E-state index is 12.7. The number of fused-ring (bicyclic) bond motifs is 1. The molecular formula is C22H20N2O4S. The summed E-state index contributed by atoms with van der Waals surface area (Å²) < 4.78 is 10.4. The predicted octanol–water partition coefficient (Wildman–Crippen LogP) is 3.95. The number of thiazole rings is 1. The fourth-order valence-corrected chi connectivity index (χ4v) is 4.25. The number of hydrogen-bond donors (Lipinski definition) is 0. The minimum atomic E-state index is -0.602. The Labute approximate surface area is 172 Å². The lowest BCUT2D eigenvalue weighted by Crippen LogP contribution is -2.38. The first kappa shape index (κ1) is 19.1. The Morgan fingerprint density at radius 1 is 1.17 bits per heavy atom. The number of hydrogen-bond acceptors (Lipinski definition) is 6. The third-order valence-corrected chi connectivity index (χ3v) is 5.74. The van der Waals surface area contributed by atoms with Crippen LogP contribution in [0.5, 0.6) is 5.75 Å². The largest absolute Gasteiger partial charge is 0.497 e. The van der Waals surface area contributed by atoms with Crippen LogP contribution in [0.3, 0.4) is 0 Å². The second-order valence-corrected chi connectivity index (χ2v) is 7.65. The van der Waals surface area contributed by atoms with Crippen LogP contribution < -0.4 is 9.64 Å². The molecule has 6 nitrogen and oxygen atoms in total. The molecule has 0 radical (unpaired) electrons. The van der Waals surface area contributed by atoms with Crippen LogP contribution in [0.2, 0.25) is 0 Å². The van der Waals surface area contributed by atoms with Gasteiger partial charge in [-0.05, 0) is 49.2 Å². The van der Waals surface area contributed by atoms with Crippen molar-refractivity contribution in [2.75, 3.05) is 18.6 Å². The van der Waals surface area contributed by atoms with E-state index in [-0.39, 0.29) is 24.2 Å². The highest BCUT2D eigenvalue weighted by atomic mass is 32.1. The molecule has 3 aromatic rings. The van der Waals surface area contributed by atoms with Crippen LogP contribution in [0.25, 0.3) is 10.6 Å². The van der Waals surface area contributed by atoms with Crippen LogP contribution in [0, 0.1) is 0 Å². The minimum Gasteiger partial charge on any atom is -0.497 e. The number of esters is 1. The van der Waals surface area contributed by atoms with Crippen molar-refractivity contribution in [3.8, 4) is 16.3 Å². The minimum absolute atomic E-state index is 0.0412. The highest BCUT2D eigenvalue weighted by Crippen LogP contribution is 2.32. The number of amides is 1. The van der Waals surface area contributed by atoms with Crippen LogP contribution >= 0.6 is 11.3 Å². The zero-order chi connectivity index (χ0) is 20.4. The maximum absolute atomic E-state index is 12.7. The van der Waals surface area contributed by atoms with Gasteiger partial charge in [-0.15, -0.1) is 11.3 Å². The number of nitrogens with zero attached hydrogens (tertiary/aromatic N) is 2. The summed E-state index contributed by atoms with van der Waals surface area (Å²) >= 11 is 1.35. The van der Waals surface area contributed by atoms with Gasteiger partial charge in [-0.1, -0.05) is 18.2 Å². The molecule has 1 aromatic heterocycles. The number of rotatable bonds is 5. The molecule has 1 aliphatic heterocycles. The third-order valence-electron chi connectivity index (χ3n) is 4.85. The second-order valence-electron chi connectivity index (χ2n) is 6.79. The lowest BCUT2D eigenvalue weighted by atomic mass is 10.1. The Kier molecular flexibility index (Phi) is 5.31. The van der Waals surface area contributed by atoms with Gasteiger partial charge in [0, 0.05) is 22.7 Å². The first-order chi connectivity index (χ1) is 14.1. The highest BCUT2D eigenvalue weighted by Gasteiger charge is 2.31. The van der Waals surface area contributed by atoms with Crippen molar-refractivity contribution in [1.29, 1.82) is 0 Å². The number of anilines is 1. The van der Waals surface area contributed by atoms with Gasteiger partial charge in [0.2, 0.25) is 0 Å². The van der Waals surface area contributed by atoms with Gasteiger partial charge in [0.15, 0.2) is 12.3 Å². The molecule has 29 heavy (non-hydrogen) atoms. The summed E-state index contributed by atoms with van der Waals surface area (Å²) in [6.07, 6.45) is 0.799. The molecule has 0 fully saturated rings. The van der Waals surface area contributed by atoms with Crippen molar-refractivity contribution in [2.24, 2.45) is 0 Å². The number of ether oxygens (including phenoxy) is 2. The molecule has 0 saturated carbocycles. The molecule has 0 bridgehead atoms. The molecule has 0 unspecified atom stereocenters. The van der Waals surface area contributed by atoms with Crippen molar-refractivity contribution in [1.82, 2.24) is 4.98 Å². The summed E-state index contributed by atoms with van der Waals surface area (Å²) in [4.78, 5) is 31.1. The van der Waals surface area contributed by atoms with Gasteiger partial charge in [0.25, 0.3) is 5.91 Å². The second kappa shape index (κ2) is 8.05. The van der Waals surface area contributed by atoms with Gasteiger partial charge >= 0.3 is 5.97 Å². The number of carbonyl (C=O) groups excluding carboxylic acids is 2. The van der Waals surface area contributed by atoms with Crippen LogP contribution in [-0.4, -0.2) is 36.6 Å². The van der Waals surface area contributed by atoms with E-state index >= 15 is 0 Å². The van der Waals surface area contributed by atoms with Crippen LogP contribution in [-0.2, 0) is 16.0 Å². The molecule has 1 atom stereocenters. The number of benzene rings is 2. The SMILES string of the molecule is COc1ccc(-c2nc(C(=O)OCC(=O)N3c4ccccc4C[C@@H]3C)cs2)cc1. The van der Waals surface area contributed by atoms with Crippen molar-refractivity contribution in [3.63, 3.8) is 0 Å². The van der Waals surface area contributed by atoms with Gasteiger partial charge < -0.3 is 14.4 Å². The van der Waals surface area contributed by atoms with E-state index in [4.69, 9.17) is 9.47 Å². The Hall–Kier alpha value is -3.19. The monoisotopic (exact) mass is 408 g/mol. The lowest BCUT2D eigenvalue weighted by molar-refractivity contribution is -0.122. The van der Waals surface area contributed by atoms with Crippen molar-refractivity contribution in [3.05, 3.63) is 65.2 Å². The summed E-state index contributed by atoms with van der Waals surface area (Å²) in [5.41, 5.74) is 3.09. The Balaban J connectivity index is 1.40. The molecule has 2 aromatic carbocycles. The van der Waals surface area contributed by atoms with Crippen molar-refractivity contribution in [2.45, 2.75) is 19.4 Å². The number of aromatic nitrogens is 1. The van der Waals surface area contributed by atoms with Gasteiger partial charge in [-0.2, -0.15) is 0 Å². The van der Waals surface area contributed by atoms with Crippen LogP contribution in [0.4, 0.5) is 5.69 Å². The molecular weight excluding hydrogens is 388 g/mol. The smallest absolute Gasteiger partial charge is 0.358 e. The topological polar surface area (TPSA) is 68.7 Å². The standard InChI is InChI=1S/C22H20N2O4S/c1-14-11-16-5-3-4-6-19(16)24(14)20(25)12-28-22(26)18-13-29-21(23-18)15-7-9-17(27-2)10-8-15/h3-10,13-14H,11-12H2,1-2H3/t14-/m0/s1. The summed E-state index contributed by atoms with van der Waals surface area (Å²) in [6, 6.07) is 15.3. The molecule has 0 N–H and O–H groups in total. The first-order valence-corrected chi connectivity index (χ1v) is 10.1. The molecule has 0 saturated heterocycles. The summed E-state index contributed by atoms with van der Waals surface area (Å²) in [6.45, 7) is 1.67. The van der Waals surface area contributed by atoms with E-state index in [1.165, 1.54) is 11.3 Å². The van der Waals surface area contributed by atoms with Crippen LogP contribution in [0.1, 0.15) is 23.0 Å². The van der Waals surface area contributed by atoms with Gasteiger partial charge in [-0.3, -0.25) is 4.79 Å². The average Bonchev–Trinajstić information content (AvgIpc) is 3.36. The summed E-state index contributed by atoms with van der Waals surface area (Å²) in [7, 11) is 1.61. The van der Waals surface area contributed by atoms with Gasteiger partial charge in [0.05, 0.1) is 7.11 Å². The Bertz CT molecular complexity index is 1040. The van der Waals surface area contributed by atoms with Crippen molar-refractivity contribution < 1.29 is 19.1 Å². The molecule has 1 aliphatic rings. The molecule has 2 heterocycles. The first-order valence-electron chi connectivity index (χ1n) is 9.24. The molecule has 4 rings (SSSR count). The third kappa shape index (κ3) is 3.86. The molecule has 0 spiro atoms. The van der Waals surface area contributed by atoms with E-state index in [0.29, 0.717) is 5.01 Å². The maximum Gasteiger partial charge on any atom is 0.358 e. The predicted molar refractivity (Wildman–Crippen MR) is 111 cm³/mol. The number of methoxy groups -OCH3 is 1. The molecule has 148 valence electrons. The van der Waals surface area contributed by atoms with Gasteiger partial charge in [-0.25, -0.2) is 9.78 Å². The number of para-hydroxylation sites is 1. The van der Waals surface area contributed by atoms with Crippen molar-refractivity contribution >= 4 is 28.9 Å². The molecule has 7 heteroatoms. The molecule has 1 amide bonds. The van der Waals surface area contributed by atoms with E-state index in [9.17, 15) is 9.59 Å². The van der Waals surface area contributed by atoms with E-state index in [0.717, 1.165) is 29.0 Å². The Morgan fingerprint density at radius 2 is 1.93 bits per heavy atom. The fraction of sp³-hybridized carbons (Fsp3) is 0.227. The normalized spacial score (nSPS) is 15.1. The van der Waals surface area contributed by atoms with E-state index in [1.54, 1.807) is 17.4 Å². The summed E-state index contributed by atoms with van der Waals surface area (Å²) in [5, 5.41) is 2.34. The van der Waals surface area contributed by atoms with Gasteiger partial charge in [0.1, 0.15) is 10.8 Å². The molecule has 0 aliphatic carbocycles. The zero-order valence-electron chi connectivity index (χ0n) is 16.1. The zero-order valence-corrected chi connectivity index (χ0v) is 16.9. The van der Waals surface area contributed by atoms with E-state index in [1.807, 2.05) is 55.5 Å². The Morgan fingerprint density at radius 3 is 2.69 bits per heavy atom. The number of carbonyl (C=O) groups is 2. The average molecular weight is 408 g/mol. The highest BCUT2D eigenvalue weighted by molar-refractivity contribution is 7.13. The summed E-state index contributed by atoms with van der Waals surface area (Å²) in [5.74, 6) is -0.0860. The van der Waals surface area contributed by atoms with Crippen LogP contribution in [0.15, 0.2) is 53.9 Å². The fourth-order valence-electron chi connectivity index (χ4n) is 3.45. The van der Waals surface area contributed by atoms with E-state index in [2.05, 4.69) is 4.98 Å². The lowest BCUT2D eigenvalue weighted by Gasteiger charge is -2.22. The van der Waals surface area contributed by atoms with E-state index < -0.39 is 5.97 Å². The quantitative estimate of drug-likeness (QED) is 0.598.